The highest BCUT2D eigenvalue weighted by molar-refractivity contribution is 14.1. The minimum absolute atomic E-state index is 0.0662. The molecule has 0 spiro atoms. The molecule has 2 rings (SSSR count). The third kappa shape index (κ3) is 1.67. The second-order valence-electron chi connectivity index (χ2n) is 3.94. The van der Waals surface area contributed by atoms with Crippen molar-refractivity contribution >= 4 is 34.2 Å². The minimum atomic E-state index is -0.216. The molecule has 0 saturated heterocycles. The van der Waals surface area contributed by atoms with Gasteiger partial charge in [0.05, 0.1) is 5.02 Å². The number of benzene rings is 1. The van der Waals surface area contributed by atoms with Gasteiger partial charge in [0, 0.05) is 3.42 Å². The summed E-state index contributed by atoms with van der Waals surface area (Å²) in [6.45, 7) is 2.15. The zero-order valence-corrected chi connectivity index (χ0v) is 10.8. The predicted octanol–water partition coefficient (Wildman–Crippen LogP) is 4.47. The van der Waals surface area contributed by atoms with Crippen molar-refractivity contribution in [1.29, 1.82) is 0 Å². The van der Waals surface area contributed by atoms with Crippen molar-refractivity contribution < 1.29 is 4.39 Å². The summed E-state index contributed by atoms with van der Waals surface area (Å²) in [5.41, 5.74) is 1.94. The first-order valence-electron chi connectivity index (χ1n) is 4.68. The van der Waals surface area contributed by atoms with Crippen molar-refractivity contribution in [3.8, 4) is 0 Å². The number of rotatable bonds is 0. The van der Waals surface area contributed by atoms with Gasteiger partial charge in [-0.1, -0.05) is 40.3 Å². The van der Waals surface area contributed by atoms with Gasteiger partial charge < -0.3 is 0 Å². The molecule has 1 unspecified atom stereocenters. The van der Waals surface area contributed by atoms with Gasteiger partial charge in [0.1, 0.15) is 5.82 Å². The smallest absolute Gasteiger partial charge is 0.145 e. The van der Waals surface area contributed by atoms with E-state index in [1.807, 2.05) is 6.07 Å². The first-order valence-corrected chi connectivity index (χ1v) is 6.14. The fourth-order valence-corrected chi connectivity index (χ4v) is 3.12. The highest BCUT2D eigenvalue weighted by atomic mass is 127. The van der Waals surface area contributed by atoms with E-state index in [9.17, 15) is 4.39 Å². The minimum Gasteiger partial charge on any atom is -0.205 e. The van der Waals surface area contributed by atoms with E-state index in [2.05, 4.69) is 29.5 Å². The number of fused-ring (bicyclic) bond motifs is 1. The van der Waals surface area contributed by atoms with Crippen LogP contribution >= 0.6 is 34.2 Å². The topological polar surface area (TPSA) is 0 Å². The van der Waals surface area contributed by atoms with Gasteiger partial charge in [0.25, 0.3) is 0 Å². The Morgan fingerprint density at radius 3 is 2.93 bits per heavy atom. The second-order valence-corrected chi connectivity index (χ2v) is 6.73. The van der Waals surface area contributed by atoms with Gasteiger partial charge in [-0.2, -0.15) is 0 Å². The second kappa shape index (κ2) is 3.63. The predicted molar refractivity (Wildman–Crippen MR) is 65.7 cm³/mol. The van der Waals surface area contributed by atoms with E-state index in [0.29, 0.717) is 0 Å². The lowest BCUT2D eigenvalue weighted by Gasteiger charge is -2.31. The van der Waals surface area contributed by atoms with Crippen LogP contribution in [0.3, 0.4) is 0 Å². The zero-order chi connectivity index (χ0) is 10.3. The van der Waals surface area contributed by atoms with Crippen LogP contribution in [0.1, 0.15) is 30.9 Å². The molecule has 0 aromatic heterocycles. The SMILES string of the molecule is CC1(I)CCCc2c1ccc(Cl)c2F. The molecule has 1 aromatic carbocycles. The summed E-state index contributed by atoms with van der Waals surface area (Å²) in [5.74, 6) is -0.216. The van der Waals surface area contributed by atoms with Crippen molar-refractivity contribution in [1.82, 2.24) is 0 Å². The average Bonchev–Trinajstić information content (AvgIpc) is 2.11. The van der Waals surface area contributed by atoms with Crippen molar-refractivity contribution in [3.05, 3.63) is 34.1 Å². The van der Waals surface area contributed by atoms with E-state index < -0.39 is 0 Å². The Hall–Kier alpha value is 0.170. The van der Waals surface area contributed by atoms with Crippen LogP contribution in [0.4, 0.5) is 4.39 Å². The van der Waals surface area contributed by atoms with Crippen molar-refractivity contribution in [2.75, 3.05) is 0 Å². The van der Waals surface area contributed by atoms with Gasteiger partial charge in [-0.25, -0.2) is 4.39 Å². The third-order valence-electron chi connectivity index (χ3n) is 2.83. The Labute approximate surface area is 102 Å². The summed E-state index contributed by atoms with van der Waals surface area (Å²) in [6, 6.07) is 3.63. The monoisotopic (exact) mass is 324 g/mol. The molecule has 1 atom stereocenters. The lowest BCUT2D eigenvalue weighted by Crippen LogP contribution is -2.21. The van der Waals surface area contributed by atoms with E-state index >= 15 is 0 Å². The van der Waals surface area contributed by atoms with E-state index in [1.165, 1.54) is 0 Å². The molecule has 76 valence electrons. The maximum atomic E-state index is 13.7. The standard InChI is InChI=1S/C11H11ClFI/c1-11(14)6-2-3-7-8(11)4-5-9(12)10(7)13/h4-5H,2-3,6H2,1H3. The molecule has 0 aliphatic heterocycles. The van der Waals surface area contributed by atoms with Crippen LogP contribution < -0.4 is 0 Å². The van der Waals surface area contributed by atoms with Gasteiger partial charge in [-0.15, -0.1) is 0 Å². The molecule has 0 nitrogen and oxygen atoms in total. The summed E-state index contributed by atoms with van der Waals surface area (Å²) in [7, 11) is 0. The maximum absolute atomic E-state index is 13.7. The summed E-state index contributed by atoms with van der Waals surface area (Å²) >= 11 is 8.16. The van der Waals surface area contributed by atoms with E-state index in [4.69, 9.17) is 11.6 Å². The molecule has 0 heterocycles. The number of hydrogen-bond donors (Lipinski definition) is 0. The molecule has 1 aliphatic carbocycles. The number of alkyl halides is 1. The fraction of sp³-hybridized carbons (Fsp3) is 0.455. The summed E-state index contributed by atoms with van der Waals surface area (Å²) in [6.07, 6.45) is 2.98. The Bertz CT molecular complexity index is 374. The zero-order valence-electron chi connectivity index (χ0n) is 7.91. The molecule has 14 heavy (non-hydrogen) atoms. The van der Waals surface area contributed by atoms with E-state index in [1.54, 1.807) is 6.07 Å². The average molecular weight is 325 g/mol. The van der Waals surface area contributed by atoms with Gasteiger partial charge >= 0.3 is 0 Å². The fourth-order valence-electron chi connectivity index (χ4n) is 2.06. The third-order valence-corrected chi connectivity index (χ3v) is 4.24. The van der Waals surface area contributed by atoms with Gasteiger partial charge in [0.2, 0.25) is 0 Å². The van der Waals surface area contributed by atoms with Crippen LogP contribution in [-0.4, -0.2) is 0 Å². The van der Waals surface area contributed by atoms with Crippen LogP contribution in [0, 0.1) is 5.82 Å². The van der Waals surface area contributed by atoms with Crippen molar-refractivity contribution in [2.45, 2.75) is 29.6 Å². The van der Waals surface area contributed by atoms with Crippen molar-refractivity contribution in [3.63, 3.8) is 0 Å². The highest BCUT2D eigenvalue weighted by Gasteiger charge is 2.31. The maximum Gasteiger partial charge on any atom is 0.145 e. The largest absolute Gasteiger partial charge is 0.205 e. The summed E-state index contributed by atoms with van der Waals surface area (Å²) in [5, 5.41) is 0.248. The van der Waals surface area contributed by atoms with E-state index in [-0.39, 0.29) is 14.3 Å². The molecule has 0 fully saturated rings. The Morgan fingerprint density at radius 1 is 1.50 bits per heavy atom. The molecule has 0 amide bonds. The molecule has 0 bridgehead atoms. The van der Waals surface area contributed by atoms with Crippen LogP contribution in [0.25, 0.3) is 0 Å². The Morgan fingerprint density at radius 2 is 2.21 bits per heavy atom. The summed E-state index contributed by atoms with van der Waals surface area (Å²) < 4.78 is 13.8. The van der Waals surface area contributed by atoms with Crippen molar-refractivity contribution in [2.24, 2.45) is 0 Å². The summed E-state index contributed by atoms with van der Waals surface area (Å²) in [4.78, 5) is 0. The normalized spacial score (nSPS) is 26.0. The molecule has 1 aromatic rings. The molecule has 0 saturated carbocycles. The molecule has 0 radical (unpaired) electrons. The quantitative estimate of drug-likeness (QED) is 0.488. The Balaban J connectivity index is 2.62. The number of halogens is 3. The van der Waals surface area contributed by atoms with Crippen LogP contribution in [0.5, 0.6) is 0 Å². The molecular formula is C11H11ClFI. The molecular weight excluding hydrogens is 313 g/mol. The Kier molecular flexibility index (Phi) is 2.77. The highest BCUT2D eigenvalue weighted by Crippen LogP contribution is 2.44. The molecule has 1 aliphatic rings. The van der Waals surface area contributed by atoms with Crippen LogP contribution in [0.2, 0.25) is 5.02 Å². The van der Waals surface area contributed by atoms with Gasteiger partial charge in [-0.05, 0) is 43.4 Å². The van der Waals surface area contributed by atoms with Gasteiger partial charge in [0.15, 0.2) is 0 Å². The van der Waals surface area contributed by atoms with E-state index in [0.717, 1.165) is 30.4 Å². The lowest BCUT2D eigenvalue weighted by atomic mass is 9.83. The first-order chi connectivity index (χ1) is 6.52. The molecule has 0 N–H and O–H groups in total. The first kappa shape index (κ1) is 10.7. The molecule has 3 heteroatoms. The van der Waals surface area contributed by atoms with Crippen LogP contribution in [0.15, 0.2) is 12.1 Å². The van der Waals surface area contributed by atoms with Gasteiger partial charge in [-0.3, -0.25) is 0 Å². The lowest BCUT2D eigenvalue weighted by molar-refractivity contribution is 0.530. The van der Waals surface area contributed by atoms with Crippen LogP contribution in [-0.2, 0) is 9.84 Å². The number of hydrogen-bond acceptors (Lipinski definition) is 0.